The molecule has 1 saturated heterocycles. The fourth-order valence-corrected chi connectivity index (χ4v) is 3.49. The quantitative estimate of drug-likeness (QED) is 0.788. The van der Waals surface area contributed by atoms with E-state index in [-0.39, 0.29) is 11.4 Å². The minimum atomic E-state index is -3.57. The molecule has 2 heterocycles. The van der Waals surface area contributed by atoms with E-state index in [2.05, 4.69) is 10.3 Å². The second-order valence-corrected chi connectivity index (χ2v) is 5.83. The molecule has 1 atom stereocenters. The second-order valence-electron chi connectivity index (χ2n) is 3.93. The molecule has 7 heteroatoms. The van der Waals surface area contributed by atoms with Crippen molar-refractivity contribution in [1.29, 1.82) is 0 Å². The lowest BCUT2D eigenvalue weighted by molar-refractivity contribution is 0.189. The van der Waals surface area contributed by atoms with Crippen molar-refractivity contribution >= 4 is 15.7 Å². The van der Waals surface area contributed by atoms with Crippen LogP contribution in [-0.4, -0.2) is 49.1 Å². The number of pyridine rings is 1. The standard InChI is InChI=1S/C10H15N3O3S/c1-11-9-2-4-12-6-10(9)17(15,16)13-5-3-8(14)7-13/h2,4,6,8,14H,3,5,7H2,1H3,(H,11,12). The highest BCUT2D eigenvalue weighted by molar-refractivity contribution is 7.89. The van der Waals surface area contributed by atoms with Gasteiger partial charge >= 0.3 is 0 Å². The summed E-state index contributed by atoms with van der Waals surface area (Å²) in [4.78, 5) is 3.99. The van der Waals surface area contributed by atoms with Crippen LogP contribution in [0.2, 0.25) is 0 Å². The summed E-state index contributed by atoms with van der Waals surface area (Å²) in [5.74, 6) is 0. The van der Waals surface area contributed by atoms with Gasteiger partial charge in [-0.05, 0) is 12.5 Å². The zero-order valence-electron chi connectivity index (χ0n) is 9.50. The molecule has 2 N–H and O–H groups in total. The Morgan fingerprint density at radius 1 is 1.59 bits per heavy atom. The topological polar surface area (TPSA) is 82.5 Å². The van der Waals surface area contributed by atoms with Crippen LogP contribution in [0, 0.1) is 0 Å². The van der Waals surface area contributed by atoms with E-state index >= 15 is 0 Å². The Kier molecular flexibility index (Phi) is 3.32. The second kappa shape index (κ2) is 4.59. The molecule has 1 aromatic heterocycles. The minimum absolute atomic E-state index is 0.150. The minimum Gasteiger partial charge on any atom is -0.392 e. The molecule has 0 bridgehead atoms. The molecule has 0 spiro atoms. The molecule has 1 fully saturated rings. The van der Waals surface area contributed by atoms with Gasteiger partial charge in [-0.25, -0.2) is 8.42 Å². The van der Waals surface area contributed by atoms with Gasteiger partial charge in [0, 0.05) is 32.5 Å². The molecular formula is C10H15N3O3S. The van der Waals surface area contributed by atoms with Gasteiger partial charge in [-0.1, -0.05) is 0 Å². The number of nitrogens with one attached hydrogen (secondary N) is 1. The molecule has 0 aromatic carbocycles. The smallest absolute Gasteiger partial charge is 0.246 e. The fourth-order valence-electron chi connectivity index (χ4n) is 1.86. The summed E-state index contributed by atoms with van der Waals surface area (Å²) >= 11 is 0. The van der Waals surface area contributed by atoms with Crippen molar-refractivity contribution in [2.45, 2.75) is 17.4 Å². The van der Waals surface area contributed by atoms with Gasteiger partial charge in [-0.3, -0.25) is 4.98 Å². The average Bonchev–Trinajstić information content (AvgIpc) is 2.76. The van der Waals surface area contributed by atoms with Crippen molar-refractivity contribution in [3.63, 3.8) is 0 Å². The molecule has 17 heavy (non-hydrogen) atoms. The number of hydrogen-bond donors (Lipinski definition) is 2. The van der Waals surface area contributed by atoms with E-state index in [0.717, 1.165) is 0 Å². The zero-order valence-corrected chi connectivity index (χ0v) is 10.3. The van der Waals surface area contributed by atoms with Gasteiger partial charge in [0.2, 0.25) is 10.0 Å². The summed E-state index contributed by atoms with van der Waals surface area (Å²) in [6.45, 7) is 0.502. The van der Waals surface area contributed by atoms with E-state index < -0.39 is 16.1 Å². The molecule has 1 aromatic rings. The van der Waals surface area contributed by atoms with Crippen LogP contribution < -0.4 is 5.32 Å². The van der Waals surface area contributed by atoms with Gasteiger partial charge in [0.15, 0.2) is 0 Å². The number of sulfonamides is 1. The maximum absolute atomic E-state index is 12.3. The SMILES string of the molecule is CNc1ccncc1S(=O)(=O)N1CCC(O)C1. The first kappa shape index (κ1) is 12.3. The highest BCUT2D eigenvalue weighted by Gasteiger charge is 2.33. The number of anilines is 1. The van der Waals surface area contributed by atoms with Crippen LogP contribution in [-0.2, 0) is 10.0 Å². The van der Waals surface area contributed by atoms with E-state index in [1.165, 1.54) is 16.7 Å². The van der Waals surface area contributed by atoms with Crippen LogP contribution in [0.5, 0.6) is 0 Å². The van der Waals surface area contributed by atoms with E-state index in [1.54, 1.807) is 13.1 Å². The summed E-state index contributed by atoms with van der Waals surface area (Å²) in [7, 11) is -1.91. The van der Waals surface area contributed by atoms with E-state index in [0.29, 0.717) is 18.7 Å². The Balaban J connectivity index is 2.38. The van der Waals surface area contributed by atoms with Crippen LogP contribution >= 0.6 is 0 Å². The van der Waals surface area contributed by atoms with Crippen molar-refractivity contribution in [1.82, 2.24) is 9.29 Å². The number of aliphatic hydroxyl groups excluding tert-OH is 1. The molecule has 1 aliphatic heterocycles. The molecule has 0 aliphatic carbocycles. The van der Waals surface area contributed by atoms with E-state index in [4.69, 9.17) is 0 Å². The van der Waals surface area contributed by atoms with E-state index in [1.807, 2.05) is 0 Å². The first-order chi connectivity index (χ1) is 8.05. The maximum Gasteiger partial charge on any atom is 0.246 e. The average molecular weight is 257 g/mol. The summed E-state index contributed by atoms with van der Waals surface area (Å²) < 4.78 is 25.9. The molecule has 1 unspecified atom stereocenters. The number of hydrogen-bond acceptors (Lipinski definition) is 5. The van der Waals surface area contributed by atoms with Crippen LogP contribution in [0.4, 0.5) is 5.69 Å². The molecule has 2 rings (SSSR count). The number of aliphatic hydroxyl groups is 1. The lowest BCUT2D eigenvalue weighted by atomic mass is 10.3. The number of rotatable bonds is 3. The zero-order chi connectivity index (χ0) is 12.5. The molecule has 6 nitrogen and oxygen atoms in total. The van der Waals surface area contributed by atoms with Gasteiger partial charge in [-0.2, -0.15) is 4.31 Å². The highest BCUT2D eigenvalue weighted by Crippen LogP contribution is 2.25. The third-order valence-electron chi connectivity index (χ3n) is 2.80. The van der Waals surface area contributed by atoms with Gasteiger partial charge in [0.05, 0.1) is 11.8 Å². The lowest BCUT2D eigenvalue weighted by Gasteiger charge is -2.17. The molecular weight excluding hydrogens is 242 g/mol. The number of nitrogens with zero attached hydrogens (tertiary/aromatic N) is 2. The predicted octanol–water partition coefficient (Wildman–Crippen LogP) is -0.121. The van der Waals surface area contributed by atoms with Gasteiger partial charge in [-0.15, -0.1) is 0 Å². The first-order valence-electron chi connectivity index (χ1n) is 5.35. The van der Waals surface area contributed by atoms with Gasteiger partial charge in [0.1, 0.15) is 4.90 Å². The Bertz CT molecular complexity index is 503. The summed E-state index contributed by atoms with van der Waals surface area (Å²) in [6, 6.07) is 1.61. The molecule has 0 amide bonds. The van der Waals surface area contributed by atoms with Gasteiger partial charge in [0.25, 0.3) is 0 Å². The lowest BCUT2D eigenvalue weighted by Crippen LogP contribution is -2.30. The first-order valence-corrected chi connectivity index (χ1v) is 6.79. The van der Waals surface area contributed by atoms with Crippen LogP contribution in [0.1, 0.15) is 6.42 Å². The van der Waals surface area contributed by atoms with Gasteiger partial charge < -0.3 is 10.4 Å². The van der Waals surface area contributed by atoms with Crippen molar-refractivity contribution in [3.05, 3.63) is 18.5 Å². The highest BCUT2D eigenvalue weighted by atomic mass is 32.2. The summed E-state index contributed by atoms with van der Waals surface area (Å²) in [5.41, 5.74) is 0.515. The molecule has 0 radical (unpaired) electrons. The Morgan fingerprint density at radius 3 is 2.94 bits per heavy atom. The predicted molar refractivity (Wildman–Crippen MR) is 63.2 cm³/mol. The third kappa shape index (κ3) is 2.26. The normalized spacial score (nSPS) is 21.6. The number of β-amino-alcohol motifs (C(OH)–C–C–N with tert-alkyl or cyclic N) is 1. The number of aromatic nitrogens is 1. The summed E-state index contributed by atoms with van der Waals surface area (Å²) in [5, 5.41) is 12.2. The van der Waals surface area contributed by atoms with Crippen molar-refractivity contribution in [3.8, 4) is 0 Å². The van der Waals surface area contributed by atoms with Crippen molar-refractivity contribution in [2.24, 2.45) is 0 Å². The molecule has 94 valence electrons. The maximum atomic E-state index is 12.3. The Morgan fingerprint density at radius 2 is 2.35 bits per heavy atom. The van der Waals surface area contributed by atoms with E-state index in [9.17, 15) is 13.5 Å². The van der Waals surface area contributed by atoms with Crippen molar-refractivity contribution < 1.29 is 13.5 Å². The van der Waals surface area contributed by atoms with Crippen molar-refractivity contribution in [2.75, 3.05) is 25.5 Å². The Labute approximate surface area is 100 Å². The third-order valence-corrected chi connectivity index (χ3v) is 4.69. The largest absolute Gasteiger partial charge is 0.392 e. The Hall–Kier alpha value is -1.18. The molecule has 0 saturated carbocycles. The summed E-state index contributed by atoms with van der Waals surface area (Å²) in [6.07, 6.45) is 2.77. The van der Waals surface area contributed by atoms with Crippen LogP contribution in [0.15, 0.2) is 23.4 Å². The fraction of sp³-hybridized carbons (Fsp3) is 0.500. The monoisotopic (exact) mass is 257 g/mol. The molecule has 1 aliphatic rings. The van der Waals surface area contributed by atoms with Crippen LogP contribution in [0.25, 0.3) is 0 Å². The van der Waals surface area contributed by atoms with Crippen LogP contribution in [0.3, 0.4) is 0 Å².